The van der Waals surface area contributed by atoms with E-state index in [1.165, 1.54) is 32.1 Å². The lowest BCUT2D eigenvalue weighted by molar-refractivity contribution is 0.527. The van der Waals surface area contributed by atoms with Crippen LogP contribution in [0.25, 0.3) is 0 Å². The van der Waals surface area contributed by atoms with E-state index in [9.17, 15) is 0 Å². The van der Waals surface area contributed by atoms with Crippen LogP contribution in [0.1, 0.15) is 51.4 Å². The first-order valence-electron chi connectivity index (χ1n) is 6.17. The Morgan fingerprint density at radius 1 is 0.625 bits per heavy atom. The third-order valence-electron chi connectivity index (χ3n) is 3.21. The van der Waals surface area contributed by atoms with Gasteiger partial charge in [0.2, 0.25) is 0 Å². The third-order valence-corrected chi connectivity index (χ3v) is 7.06. The smallest absolute Gasteiger partial charge is 0.0461 e. The number of alkyl halides is 4. The van der Waals surface area contributed by atoms with Crippen molar-refractivity contribution in [2.45, 2.75) is 71.8 Å². The van der Waals surface area contributed by atoms with E-state index in [-0.39, 0.29) is 10.8 Å². The van der Waals surface area contributed by atoms with Crippen molar-refractivity contribution in [2.24, 2.45) is 0 Å². The van der Waals surface area contributed by atoms with Crippen LogP contribution in [-0.4, -0.2) is 20.4 Å². The van der Waals surface area contributed by atoms with Crippen LogP contribution >= 0.6 is 55.1 Å². The molecule has 0 spiro atoms. The third kappa shape index (κ3) is 5.93. The molecular weight excluding hydrogens is 375 g/mol. The Balaban J connectivity index is 2.43. The van der Waals surface area contributed by atoms with Gasteiger partial charge >= 0.3 is 0 Å². The fourth-order valence-corrected chi connectivity index (χ4v) is 3.72. The highest BCUT2D eigenvalue weighted by Gasteiger charge is 2.21. The molecule has 4 unspecified atom stereocenters. The summed E-state index contributed by atoms with van der Waals surface area (Å²) in [5.41, 5.74) is 0. The van der Waals surface area contributed by atoms with Crippen molar-refractivity contribution in [3.05, 3.63) is 0 Å². The summed E-state index contributed by atoms with van der Waals surface area (Å²) in [5, 5.41) is 0.500. The molecule has 0 aromatic heterocycles. The highest BCUT2D eigenvalue weighted by Crippen LogP contribution is 2.29. The second kappa shape index (κ2) is 8.61. The van der Waals surface area contributed by atoms with Crippen LogP contribution in [0.4, 0.5) is 0 Å². The van der Waals surface area contributed by atoms with E-state index in [4.69, 9.17) is 23.2 Å². The first-order valence-corrected chi connectivity index (χ1v) is 8.88. The van der Waals surface area contributed by atoms with Gasteiger partial charge in [0, 0.05) is 20.4 Å². The largest absolute Gasteiger partial charge is 0.122 e. The van der Waals surface area contributed by atoms with Gasteiger partial charge in [-0.05, 0) is 25.7 Å². The lowest BCUT2D eigenvalue weighted by Gasteiger charge is -2.21. The topological polar surface area (TPSA) is 0 Å². The van der Waals surface area contributed by atoms with Gasteiger partial charge in [-0.25, -0.2) is 0 Å². The zero-order valence-corrected chi connectivity index (χ0v) is 14.2. The van der Waals surface area contributed by atoms with Crippen LogP contribution in [0, 0.1) is 0 Å². The molecule has 4 atom stereocenters. The zero-order chi connectivity index (χ0) is 12.0. The van der Waals surface area contributed by atoms with Crippen LogP contribution < -0.4 is 0 Å². The maximum atomic E-state index is 6.37. The molecule has 0 radical (unpaired) electrons. The minimum Gasteiger partial charge on any atom is -0.122 e. The summed E-state index contributed by atoms with van der Waals surface area (Å²) in [5.74, 6) is 0. The molecule has 16 heavy (non-hydrogen) atoms. The van der Waals surface area contributed by atoms with E-state index in [2.05, 4.69) is 31.9 Å². The van der Waals surface area contributed by atoms with Gasteiger partial charge in [-0.2, -0.15) is 0 Å². The Labute approximate surface area is 126 Å². The predicted octanol–water partition coefficient (Wildman–Crippen LogP) is 5.86. The molecule has 0 aromatic carbocycles. The Bertz CT molecular complexity index is 170. The maximum absolute atomic E-state index is 6.37. The molecule has 0 heterocycles. The summed E-state index contributed by atoms with van der Waals surface area (Å²) in [4.78, 5) is 0.872. The Kier molecular flexibility index (Phi) is 8.39. The van der Waals surface area contributed by atoms with E-state index in [0.717, 1.165) is 19.3 Å². The lowest BCUT2D eigenvalue weighted by Crippen LogP contribution is -2.20. The number of hydrogen-bond acceptors (Lipinski definition) is 0. The second-order valence-corrected chi connectivity index (χ2v) is 8.11. The monoisotopic (exact) mass is 392 g/mol. The van der Waals surface area contributed by atoms with Crippen LogP contribution in [0.3, 0.4) is 0 Å². The van der Waals surface area contributed by atoms with Crippen molar-refractivity contribution in [1.82, 2.24) is 0 Å². The number of rotatable bonds is 0. The molecule has 0 bridgehead atoms. The fraction of sp³-hybridized carbons (Fsp3) is 1.00. The SMILES string of the molecule is ClC1CCC(Br)C(Cl)CCCCCCC1Br. The summed E-state index contributed by atoms with van der Waals surface area (Å²) in [6, 6.07) is 0. The van der Waals surface area contributed by atoms with Crippen molar-refractivity contribution in [2.75, 3.05) is 0 Å². The van der Waals surface area contributed by atoms with Crippen LogP contribution in [0.5, 0.6) is 0 Å². The fourth-order valence-electron chi connectivity index (χ4n) is 2.07. The van der Waals surface area contributed by atoms with Gasteiger partial charge in [0.25, 0.3) is 0 Å². The molecule has 0 amide bonds. The summed E-state index contributed by atoms with van der Waals surface area (Å²) < 4.78 is 0. The van der Waals surface area contributed by atoms with Gasteiger partial charge in [0.15, 0.2) is 0 Å². The highest BCUT2D eigenvalue weighted by molar-refractivity contribution is 9.09. The number of hydrogen-bond donors (Lipinski definition) is 0. The van der Waals surface area contributed by atoms with Gasteiger partial charge in [0.1, 0.15) is 0 Å². The van der Waals surface area contributed by atoms with Crippen LogP contribution in [0.15, 0.2) is 0 Å². The minimum atomic E-state index is 0.239. The normalized spacial score (nSPS) is 39.8. The Hall–Kier alpha value is 1.54. The molecule has 0 N–H and O–H groups in total. The predicted molar refractivity (Wildman–Crippen MR) is 81.6 cm³/mol. The zero-order valence-electron chi connectivity index (χ0n) is 9.48. The maximum Gasteiger partial charge on any atom is 0.0461 e. The standard InChI is InChI=1S/C12H20Br2Cl2/c13-9-5-3-1-2-4-6-11(15)10(14)7-8-12(9)16/h9-12H,1-8H2. The summed E-state index contributed by atoms with van der Waals surface area (Å²) in [7, 11) is 0. The van der Waals surface area contributed by atoms with E-state index in [1.807, 2.05) is 0 Å². The molecule has 4 heteroatoms. The molecular formula is C12H20Br2Cl2. The van der Waals surface area contributed by atoms with E-state index in [1.54, 1.807) is 0 Å². The molecule has 0 aromatic rings. The Morgan fingerprint density at radius 2 is 1.12 bits per heavy atom. The average molecular weight is 395 g/mol. The number of halogens is 4. The molecule has 96 valence electrons. The molecule has 1 rings (SSSR count). The summed E-state index contributed by atoms with van der Waals surface area (Å²) in [6.07, 6.45) is 9.59. The van der Waals surface area contributed by atoms with Crippen molar-refractivity contribution in [3.63, 3.8) is 0 Å². The molecule has 1 saturated carbocycles. The second-order valence-electron chi connectivity index (χ2n) is 4.63. The van der Waals surface area contributed by atoms with Crippen LogP contribution in [0.2, 0.25) is 0 Å². The van der Waals surface area contributed by atoms with Gasteiger partial charge in [0.05, 0.1) is 0 Å². The van der Waals surface area contributed by atoms with Gasteiger partial charge in [-0.15, -0.1) is 23.2 Å². The van der Waals surface area contributed by atoms with Gasteiger partial charge < -0.3 is 0 Å². The summed E-state index contributed by atoms with van der Waals surface area (Å²) >= 11 is 20.1. The first-order chi connectivity index (χ1) is 7.61. The minimum absolute atomic E-state index is 0.239. The molecule has 1 aliphatic rings. The van der Waals surface area contributed by atoms with E-state index in [0.29, 0.717) is 9.65 Å². The highest BCUT2D eigenvalue weighted by atomic mass is 79.9. The van der Waals surface area contributed by atoms with Crippen molar-refractivity contribution in [1.29, 1.82) is 0 Å². The van der Waals surface area contributed by atoms with Gasteiger partial charge in [-0.3, -0.25) is 0 Å². The first kappa shape index (κ1) is 15.6. The van der Waals surface area contributed by atoms with E-state index >= 15 is 0 Å². The van der Waals surface area contributed by atoms with E-state index < -0.39 is 0 Å². The molecule has 1 aliphatic carbocycles. The lowest BCUT2D eigenvalue weighted by atomic mass is 10.0. The van der Waals surface area contributed by atoms with Gasteiger partial charge in [-0.1, -0.05) is 57.5 Å². The van der Waals surface area contributed by atoms with Crippen molar-refractivity contribution in [3.8, 4) is 0 Å². The van der Waals surface area contributed by atoms with Crippen molar-refractivity contribution >= 4 is 55.1 Å². The van der Waals surface area contributed by atoms with Crippen LogP contribution in [-0.2, 0) is 0 Å². The molecule has 1 fully saturated rings. The summed E-state index contributed by atoms with van der Waals surface area (Å²) in [6.45, 7) is 0. The average Bonchev–Trinajstić information content (AvgIpc) is 2.27. The Morgan fingerprint density at radius 3 is 1.81 bits per heavy atom. The van der Waals surface area contributed by atoms with Crippen molar-refractivity contribution < 1.29 is 0 Å². The molecule has 0 saturated heterocycles. The quantitative estimate of drug-likeness (QED) is 0.451. The molecule has 0 aliphatic heterocycles. The molecule has 0 nitrogen and oxygen atoms in total.